The molecule has 0 radical (unpaired) electrons. The third-order valence-corrected chi connectivity index (χ3v) is 8.07. The molecule has 11 heteroatoms. The van der Waals surface area contributed by atoms with Crippen LogP contribution in [-0.2, 0) is 26.2 Å². The Morgan fingerprint density at radius 3 is 2.48 bits per heavy atom. The minimum Gasteiger partial charge on any atom is -0.507 e. The number of hydrogen-bond acceptors (Lipinski definition) is 6. The highest BCUT2D eigenvalue weighted by molar-refractivity contribution is 6.31. The number of ether oxygens (including phenoxy) is 1. The van der Waals surface area contributed by atoms with Gasteiger partial charge in [0.25, 0.3) is 5.91 Å². The average Bonchev–Trinajstić information content (AvgIpc) is 3.83. The van der Waals surface area contributed by atoms with Gasteiger partial charge in [-0.2, -0.15) is 5.10 Å². The molecular formula is C33H32ClN5O5. The lowest BCUT2D eigenvalue weighted by molar-refractivity contribution is -0.149. The van der Waals surface area contributed by atoms with Crippen LogP contribution in [0.15, 0.2) is 79.0 Å². The van der Waals surface area contributed by atoms with E-state index in [1.165, 1.54) is 11.0 Å². The molecule has 6 rings (SSSR count). The predicted molar refractivity (Wildman–Crippen MR) is 166 cm³/mol. The van der Waals surface area contributed by atoms with E-state index in [4.69, 9.17) is 16.3 Å². The number of rotatable bonds is 8. The number of carbonyl (C=O) groups is 3. The molecule has 1 saturated carbocycles. The number of aromatic hydroxyl groups is 1. The van der Waals surface area contributed by atoms with Crippen LogP contribution in [0.2, 0.25) is 5.02 Å². The Bertz CT molecular complexity index is 1690. The lowest BCUT2D eigenvalue weighted by atomic mass is 10.0. The molecule has 3 aromatic carbocycles. The Morgan fingerprint density at radius 2 is 1.75 bits per heavy atom. The van der Waals surface area contributed by atoms with E-state index in [2.05, 4.69) is 15.7 Å². The van der Waals surface area contributed by atoms with Gasteiger partial charge in [-0.25, -0.2) is 0 Å². The lowest BCUT2D eigenvalue weighted by Crippen LogP contribution is -2.57. The van der Waals surface area contributed by atoms with Gasteiger partial charge in [-0.15, -0.1) is 0 Å². The van der Waals surface area contributed by atoms with Crippen molar-refractivity contribution in [3.63, 3.8) is 0 Å². The molecule has 10 nitrogen and oxygen atoms in total. The van der Waals surface area contributed by atoms with Crippen LogP contribution in [0.3, 0.4) is 0 Å². The summed E-state index contributed by atoms with van der Waals surface area (Å²) in [6.45, 7) is 0.548. The summed E-state index contributed by atoms with van der Waals surface area (Å²) in [5.41, 5.74) is 3.87. The maximum absolute atomic E-state index is 13.9. The van der Waals surface area contributed by atoms with Crippen molar-refractivity contribution in [1.82, 2.24) is 20.0 Å². The number of amides is 3. The second-order valence-corrected chi connectivity index (χ2v) is 11.5. The van der Waals surface area contributed by atoms with Crippen molar-refractivity contribution in [2.24, 2.45) is 13.0 Å². The third-order valence-electron chi connectivity index (χ3n) is 7.83. The van der Waals surface area contributed by atoms with Crippen LogP contribution < -0.4 is 10.6 Å². The molecule has 2 heterocycles. The number of nitrogens with zero attached hydrogens (tertiary/aromatic N) is 3. The lowest BCUT2D eigenvalue weighted by Gasteiger charge is -2.37. The van der Waals surface area contributed by atoms with Gasteiger partial charge in [0, 0.05) is 47.5 Å². The number of phenolic OH excluding ortho intramolecular Hbond substituents is 1. The average molecular weight is 614 g/mol. The highest BCUT2D eigenvalue weighted by Gasteiger charge is 2.39. The first-order valence-corrected chi connectivity index (χ1v) is 14.8. The quantitative estimate of drug-likeness (QED) is 0.268. The minimum absolute atomic E-state index is 0.0376. The number of benzene rings is 3. The van der Waals surface area contributed by atoms with Crippen LogP contribution in [0.1, 0.15) is 24.4 Å². The summed E-state index contributed by atoms with van der Waals surface area (Å²) in [6.07, 6.45) is 3.47. The maximum Gasteiger partial charge on any atom is 0.250 e. The molecule has 0 unspecified atom stereocenters. The Hall–Kier alpha value is -4.67. The fraction of sp³-hybridized carbons (Fsp3) is 0.273. The van der Waals surface area contributed by atoms with Gasteiger partial charge in [-0.3, -0.25) is 19.1 Å². The summed E-state index contributed by atoms with van der Waals surface area (Å²) >= 11 is 6.18. The Morgan fingerprint density at radius 1 is 1.00 bits per heavy atom. The SMILES string of the molecule is Cn1cc(-c2ccc(NC(=O)[C@@H]3COCCN3C(=O)[C@H](NC(=O)C3CC3)c3ccccc3)cc2)c(-c2cc(Cl)ccc2O)n1. The van der Waals surface area contributed by atoms with Crippen LogP contribution in [0, 0.1) is 5.92 Å². The zero-order chi connectivity index (χ0) is 30.8. The zero-order valence-electron chi connectivity index (χ0n) is 24.1. The fourth-order valence-corrected chi connectivity index (χ4v) is 5.52. The molecule has 0 spiro atoms. The van der Waals surface area contributed by atoms with E-state index in [0.29, 0.717) is 27.5 Å². The van der Waals surface area contributed by atoms with E-state index >= 15 is 0 Å². The molecule has 0 bridgehead atoms. The summed E-state index contributed by atoms with van der Waals surface area (Å²) in [4.78, 5) is 41.6. The Kier molecular flexibility index (Phi) is 8.36. The Labute approximate surface area is 259 Å². The number of carbonyl (C=O) groups excluding carboxylic acids is 3. The van der Waals surface area contributed by atoms with Gasteiger partial charge in [-0.05, 0) is 54.3 Å². The molecular weight excluding hydrogens is 582 g/mol. The number of aryl methyl sites for hydroxylation is 1. The van der Waals surface area contributed by atoms with Crippen molar-refractivity contribution in [2.75, 3.05) is 25.1 Å². The smallest absolute Gasteiger partial charge is 0.250 e. The van der Waals surface area contributed by atoms with E-state index in [1.807, 2.05) is 36.5 Å². The van der Waals surface area contributed by atoms with E-state index in [9.17, 15) is 19.5 Å². The minimum atomic E-state index is -0.899. The number of halogens is 1. The van der Waals surface area contributed by atoms with Gasteiger partial charge >= 0.3 is 0 Å². The van der Waals surface area contributed by atoms with Crippen LogP contribution in [0.4, 0.5) is 5.69 Å². The van der Waals surface area contributed by atoms with Gasteiger partial charge in [0.15, 0.2) is 0 Å². The van der Waals surface area contributed by atoms with Crippen molar-refractivity contribution in [2.45, 2.75) is 24.9 Å². The van der Waals surface area contributed by atoms with Crippen molar-refractivity contribution >= 4 is 35.0 Å². The summed E-state index contributed by atoms with van der Waals surface area (Å²) < 4.78 is 7.27. The van der Waals surface area contributed by atoms with Crippen LogP contribution in [0.5, 0.6) is 5.75 Å². The first-order valence-electron chi connectivity index (χ1n) is 14.5. The summed E-state index contributed by atoms with van der Waals surface area (Å²) in [5, 5.41) is 21.3. The number of phenols is 1. The number of aromatic nitrogens is 2. The molecule has 1 aliphatic heterocycles. The van der Waals surface area contributed by atoms with E-state index in [-0.39, 0.29) is 43.2 Å². The number of anilines is 1. The van der Waals surface area contributed by atoms with Crippen molar-refractivity contribution in [3.8, 4) is 28.1 Å². The number of morpholine rings is 1. The molecule has 2 atom stereocenters. The largest absolute Gasteiger partial charge is 0.507 e. The molecule has 4 aromatic rings. The van der Waals surface area contributed by atoms with Crippen molar-refractivity contribution in [3.05, 3.63) is 89.6 Å². The maximum atomic E-state index is 13.9. The van der Waals surface area contributed by atoms with Crippen molar-refractivity contribution in [1.29, 1.82) is 0 Å². The summed E-state index contributed by atoms with van der Waals surface area (Å²) in [6, 6.07) is 19.3. The second kappa shape index (κ2) is 12.5. The van der Waals surface area contributed by atoms with Gasteiger partial charge in [0.2, 0.25) is 11.8 Å². The first kappa shape index (κ1) is 29.4. The molecule has 44 heavy (non-hydrogen) atoms. The topological polar surface area (TPSA) is 126 Å². The van der Waals surface area contributed by atoms with E-state index in [1.54, 1.807) is 48.1 Å². The van der Waals surface area contributed by atoms with Gasteiger partial charge < -0.3 is 25.4 Å². The number of hydrogen-bond donors (Lipinski definition) is 3. The first-order chi connectivity index (χ1) is 21.3. The molecule has 1 saturated heterocycles. The third kappa shape index (κ3) is 6.31. The molecule has 3 N–H and O–H groups in total. The normalized spacial score (nSPS) is 17.1. The van der Waals surface area contributed by atoms with E-state index < -0.39 is 18.0 Å². The zero-order valence-corrected chi connectivity index (χ0v) is 24.8. The monoisotopic (exact) mass is 613 g/mol. The Balaban J connectivity index is 1.20. The molecule has 3 amide bonds. The molecule has 2 fully saturated rings. The van der Waals surface area contributed by atoms with Crippen molar-refractivity contribution < 1.29 is 24.2 Å². The van der Waals surface area contributed by atoms with Crippen LogP contribution in [-0.4, -0.2) is 63.3 Å². The number of nitrogens with one attached hydrogen (secondary N) is 2. The molecule has 2 aliphatic rings. The standard InChI is InChI=1S/C33H32ClN5O5/c1-38-18-26(30(37-38)25-17-23(34)11-14-28(25)40)20-9-12-24(13-10-20)35-32(42)27-19-44-16-15-39(27)33(43)29(21-5-3-2-4-6-21)36-31(41)22-7-8-22/h2-6,9-14,17-18,22,27,29,40H,7-8,15-16,19H2,1H3,(H,35,42)(H,36,41)/t27-,29+/m0/s1. The second-order valence-electron chi connectivity index (χ2n) is 11.0. The summed E-state index contributed by atoms with van der Waals surface area (Å²) in [5.74, 6) is -0.897. The predicted octanol–water partition coefficient (Wildman–Crippen LogP) is 4.55. The van der Waals surface area contributed by atoms with Crippen LogP contribution >= 0.6 is 11.6 Å². The van der Waals surface area contributed by atoms with Gasteiger partial charge in [0.05, 0.1) is 13.2 Å². The highest BCUT2D eigenvalue weighted by Crippen LogP contribution is 2.37. The highest BCUT2D eigenvalue weighted by atomic mass is 35.5. The summed E-state index contributed by atoms with van der Waals surface area (Å²) in [7, 11) is 1.79. The molecule has 1 aliphatic carbocycles. The molecule has 226 valence electrons. The van der Waals surface area contributed by atoms with E-state index in [0.717, 1.165) is 24.0 Å². The molecule has 1 aromatic heterocycles. The fourth-order valence-electron chi connectivity index (χ4n) is 5.34. The van der Waals surface area contributed by atoms with Gasteiger partial charge in [-0.1, -0.05) is 54.1 Å². The van der Waals surface area contributed by atoms with Crippen LogP contribution in [0.25, 0.3) is 22.4 Å². The van der Waals surface area contributed by atoms with Gasteiger partial charge in [0.1, 0.15) is 23.5 Å².